The van der Waals surface area contributed by atoms with E-state index in [1.165, 1.54) is 0 Å². The van der Waals surface area contributed by atoms with Gasteiger partial charge < -0.3 is 14.6 Å². The SMILES string of the molecule is Cc1c(C(=O)N2CCC(NC(=O)c3cccnc3)CC2)oc2ccc(Br)cc12. The molecule has 2 amide bonds. The number of nitrogens with zero attached hydrogens (tertiary/aromatic N) is 2. The Morgan fingerprint density at radius 2 is 2.04 bits per heavy atom. The Bertz CT molecular complexity index is 1020. The van der Waals surface area contributed by atoms with Crippen LogP contribution in [-0.2, 0) is 0 Å². The number of rotatable bonds is 3. The van der Waals surface area contributed by atoms with Gasteiger partial charge >= 0.3 is 0 Å². The number of hydrogen-bond acceptors (Lipinski definition) is 4. The van der Waals surface area contributed by atoms with Gasteiger partial charge in [0.1, 0.15) is 5.58 Å². The summed E-state index contributed by atoms with van der Waals surface area (Å²) in [6.45, 7) is 3.07. The van der Waals surface area contributed by atoms with Crippen LogP contribution < -0.4 is 5.32 Å². The number of piperidine rings is 1. The summed E-state index contributed by atoms with van der Waals surface area (Å²) in [4.78, 5) is 31.0. The molecule has 1 aliphatic rings. The third-order valence-electron chi connectivity index (χ3n) is 5.13. The van der Waals surface area contributed by atoms with Gasteiger partial charge in [0, 0.05) is 46.9 Å². The molecule has 4 rings (SSSR count). The first-order valence-electron chi connectivity index (χ1n) is 9.22. The Morgan fingerprint density at radius 3 is 2.75 bits per heavy atom. The summed E-state index contributed by atoms with van der Waals surface area (Å²) in [6, 6.07) is 9.25. The Morgan fingerprint density at radius 1 is 1.25 bits per heavy atom. The van der Waals surface area contributed by atoms with Crippen LogP contribution >= 0.6 is 15.9 Å². The van der Waals surface area contributed by atoms with Gasteiger partial charge in [0.15, 0.2) is 5.76 Å². The second kappa shape index (κ2) is 7.75. The van der Waals surface area contributed by atoms with Gasteiger partial charge in [-0.2, -0.15) is 0 Å². The van der Waals surface area contributed by atoms with Crippen LogP contribution in [0.2, 0.25) is 0 Å². The molecular weight excluding hydrogens is 422 g/mol. The van der Waals surface area contributed by atoms with Crippen LogP contribution in [0, 0.1) is 6.92 Å². The van der Waals surface area contributed by atoms with Gasteiger partial charge in [0.05, 0.1) is 5.56 Å². The monoisotopic (exact) mass is 441 g/mol. The van der Waals surface area contributed by atoms with E-state index in [1.807, 2.05) is 25.1 Å². The fourth-order valence-corrected chi connectivity index (χ4v) is 3.89. The van der Waals surface area contributed by atoms with E-state index >= 15 is 0 Å². The van der Waals surface area contributed by atoms with Crippen molar-refractivity contribution in [2.45, 2.75) is 25.8 Å². The normalized spacial score (nSPS) is 15.0. The third kappa shape index (κ3) is 3.67. The molecule has 0 unspecified atom stereocenters. The van der Waals surface area contributed by atoms with Crippen LogP contribution in [0.4, 0.5) is 0 Å². The molecule has 2 aromatic heterocycles. The summed E-state index contributed by atoms with van der Waals surface area (Å²) in [5.74, 6) is 0.171. The molecule has 0 radical (unpaired) electrons. The van der Waals surface area contributed by atoms with Gasteiger partial charge in [-0.25, -0.2) is 0 Å². The van der Waals surface area contributed by atoms with E-state index < -0.39 is 0 Å². The van der Waals surface area contributed by atoms with Crippen LogP contribution in [0.25, 0.3) is 11.0 Å². The van der Waals surface area contributed by atoms with Gasteiger partial charge in [0.25, 0.3) is 11.8 Å². The molecule has 1 fully saturated rings. The maximum atomic E-state index is 13.0. The van der Waals surface area contributed by atoms with Crippen molar-refractivity contribution < 1.29 is 14.0 Å². The first kappa shape index (κ1) is 18.7. The standard InChI is InChI=1S/C21H20BrN3O3/c1-13-17-11-15(22)4-5-18(17)28-19(13)21(27)25-9-6-16(7-10-25)24-20(26)14-3-2-8-23-12-14/h2-5,8,11-12,16H,6-7,9-10H2,1H3,(H,24,26). The predicted molar refractivity (Wildman–Crippen MR) is 109 cm³/mol. The van der Waals surface area contributed by atoms with Crippen LogP contribution in [0.1, 0.15) is 39.3 Å². The number of aromatic nitrogens is 1. The zero-order valence-electron chi connectivity index (χ0n) is 15.4. The molecule has 144 valence electrons. The third-order valence-corrected chi connectivity index (χ3v) is 5.63. The highest BCUT2D eigenvalue weighted by molar-refractivity contribution is 9.10. The number of furan rings is 1. The van der Waals surface area contributed by atoms with E-state index in [1.54, 1.807) is 29.4 Å². The van der Waals surface area contributed by atoms with Gasteiger partial charge in [-0.3, -0.25) is 14.6 Å². The Kier molecular flexibility index (Phi) is 5.17. The Balaban J connectivity index is 1.40. The van der Waals surface area contributed by atoms with Crippen LogP contribution in [0.5, 0.6) is 0 Å². The highest BCUT2D eigenvalue weighted by atomic mass is 79.9. The van der Waals surface area contributed by atoms with Gasteiger partial charge in [-0.05, 0) is 50.1 Å². The van der Waals surface area contributed by atoms with E-state index in [9.17, 15) is 9.59 Å². The van der Waals surface area contributed by atoms with Gasteiger partial charge in [0.2, 0.25) is 0 Å². The smallest absolute Gasteiger partial charge is 0.289 e. The molecule has 0 spiro atoms. The minimum Gasteiger partial charge on any atom is -0.451 e. The fourth-order valence-electron chi connectivity index (χ4n) is 3.53. The summed E-state index contributed by atoms with van der Waals surface area (Å²) in [5.41, 5.74) is 2.11. The number of aryl methyl sites for hydroxylation is 1. The molecule has 7 heteroatoms. The lowest BCUT2D eigenvalue weighted by atomic mass is 10.0. The van der Waals surface area contributed by atoms with E-state index in [4.69, 9.17) is 4.42 Å². The average Bonchev–Trinajstić information content (AvgIpc) is 3.04. The minimum atomic E-state index is -0.128. The van der Waals surface area contributed by atoms with Crippen LogP contribution in [0.15, 0.2) is 51.6 Å². The van der Waals surface area contributed by atoms with E-state index in [0.29, 0.717) is 42.8 Å². The molecule has 1 aromatic carbocycles. The van der Waals surface area contributed by atoms with Gasteiger partial charge in [-0.1, -0.05) is 15.9 Å². The zero-order valence-corrected chi connectivity index (χ0v) is 17.0. The Labute approximate surface area is 171 Å². The number of nitrogens with one attached hydrogen (secondary N) is 1. The maximum Gasteiger partial charge on any atom is 0.289 e. The maximum absolute atomic E-state index is 13.0. The quantitative estimate of drug-likeness (QED) is 0.667. The largest absolute Gasteiger partial charge is 0.451 e. The number of benzene rings is 1. The second-order valence-corrected chi connectivity index (χ2v) is 7.89. The molecule has 1 saturated heterocycles. The number of amides is 2. The lowest BCUT2D eigenvalue weighted by Crippen LogP contribution is -2.46. The van der Waals surface area contributed by atoms with Crippen molar-refractivity contribution in [1.29, 1.82) is 0 Å². The number of pyridine rings is 1. The molecule has 1 aliphatic heterocycles. The first-order valence-corrected chi connectivity index (χ1v) is 10.0. The molecule has 6 nitrogen and oxygen atoms in total. The average molecular weight is 442 g/mol. The van der Waals surface area contributed by atoms with Crippen molar-refractivity contribution in [3.8, 4) is 0 Å². The molecule has 28 heavy (non-hydrogen) atoms. The van der Waals surface area contributed by atoms with Crippen molar-refractivity contribution in [3.63, 3.8) is 0 Å². The number of likely N-dealkylation sites (tertiary alicyclic amines) is 1. The molecule has 0 saturated carbocycles. The van der Waals surface area contributed by atoms with Crippen molar-refractivity contribution in [3.05, 3.63) is 64.1 Å². The van der Waals surface area contributed by atoms with Gasteiger partial charge in [-0.15, -0.1) is 0 Å². The van der Waals surface area contributed by atoms with E-state index in [2.05, 4.69) is 26.2 Å². The van der Waals surface area contributed by atoms with Crippen LogP contribution in [-0.4, -0.2) is 40.8 Å². The van der Waals surface area contributed by atoms with Crippen molar-refractivity contribution >= 4 is 38.7 Å². The van der Waals surface area contributed by atoms with Crippen LogP contribution in [0.3, 0.4) is 0 Å². The lowest BCUT2D eigenvalue weighted by Gasteiger charge is -2.32. The number of fused-ring (bicyclic) bond motifs is 1. The minimum absolute atomic E-state index is 0.0458. The predicted octanol–water partition coefficient (Wildman–Crippen LogP) is 3.93. The number of carbonyl (C=O) groups is 2. The number of halogens is 1. The highest BCUT2D eigenvalue weighted by Gasteiger charge is 2.28. The summed E-state index contributed by atoms with van der Waals surface area (Å²) in [7, 11) is 0. The van der Waals surface area contributed by atoms with Crippen molar-refractivity contribution in [2.75, 3.05) is 13.1 Å². The summed E-state index contributed by atoms with van der Waals surface area (Å²) in [6.07, 6.45) is 4.61. The first-order chi connectivity index (χ1) is 13.5. The number of hydrogen-bond donors (Lipinski definition) is 1. The molecule has 3 aromatic rings. The lowest BCUT2D eigenvalue weighted by molar-refractivity contribution is 0.0668. The molecular formula is C21H20BrN3O3. The van der Waals surface area contributed by atoms with E-state index in [-0.39, 0.29) is 17.9 Å². The number of carbonyl (C=O) groups excluding carboxylic acids is 2. The molecule has 0 bridgehead atoms. The second-order valence-electron chi connectivity index (χ2n) is 6.98. The fraction of sp³-hybridized carbons (Fsp3) is 0.286. The Hall–Kier alpha value is -2.67. The molecule has 3 heterocycles. The summed E-state index contributed by atoms with van der Waals surface area (Å²) >= 11 is 3.46. The van der Waals surface area contributed by atoms with Crippen molar-refractivity contribution in [1.82, 2.24) is 15.2 Å². The van der Waals surface area contributed by atoms with Crippen molar-refractivity contribution in [2.24, 2.45) is 0 Å². The van der Waals surface area contributed by atoms with E-state index in [0.717, 1.165) is 15.4 Å². The topological polar surface area (TPSA) is 75.4 Å². The summed E-state index contributed by atoms with van der Waals surface area (Å²) < 4.78 is 6.78. The molecule has 0 aliphatic carbocycles. The summed E-state index contributed by atoms with van der Waals surface area (Å²) in [5, 5.41) is 3.97. The molecule has 0 atom stereocenters. The molecule has 1 N–H and O–H groups in total. The highest BCUT2D eigenvalue weighted by Crippen LogP contribution is 2.29. The zero-order chi connectivity index (χ0) is 19.7.